The maximum Gasteiger partial charge on any atom is 0.295 e. The van der Waals surface area contributed by atoms with Crippen LogP contribution in [0.5, 0.6) is 0 Å². The molecule has 0 fully saturated rings. The second-order valence-corrected chi connectivity index (χ2v) is 7.30. The third-order valence-electron chi connectivity index (χ3n) is 4.82. The molecular weight excluding hydrogens is 403 g/mol. The number of anilines is 1. The van der Waals surface area contributed by atoms with E-state index >= 15 is 0 Å². The van der Waals surface area contributed by atoms with E-state index in [1.807, 2.05) is 38.1 Å². The molecule has 30 heavy (non-hydrogen) atoms. The Morgan fingerprint density at radius 2 is 1.77 bits per heavy atom. The Hall–Kier alpha value is -3.51. The van der Waals surface area contributed by atoms with Crippen LogP contribution in [0.2, 0.25) is 5.02 Å². The lowest BCUT2D eigenvalue weighted by atomic mass is 10.1. The Morgan fingerprint density at radius 1 is 1.03 bits per heavy atom. The van der Waals surface area contributed by atoms with E-state index in [1.165, 1.54) is 16.8 Å². The Kier molecular flexibility index (Phi) is 5.33. The number of carbonyl (C=O) groups excluding carboxylic acids is 1. The molecule has 0 aliphatic carbocycles. The molecule has 5 nitrogen and oxygen atoms in total. The van der Waals surface area contributed by atoms with Gasteiger partial charge in [-0.3, -0.25) is 4.79 Å². The predicted octanol–water partition coefficient (Wildman–Crippen LogP) is 5.60. The smallest absolute Gasteiger partial charge is 0.295 e. The summed E-state index contributed by atoms with van der Waals surface area (Å²) in [5.41, 5.74) is 3.99. The van der Waals surface area contributed by atoms with Gasteiger partial charge in [-0.25, -0.2) is 14.1 Å². The summed E-state index contributed by atoms with van der Waals surface area (Å²) in [6.07, 6.45) is 0. The molecule has 4 aromatic rings. The van der Waals surface area contributed by atoms with Crippen molar-refractivity contribution in [3.63, 3.8) is 0 Å². The van der Waals surface area contributed by atoms with Gasteiger partial charge in [0.05, 0.1) is 5.69 Å². The molecule has 150 valence electrons. The molecule has 0 radical (unpaired) electrons. The molecular formula is C23H18ClFN4O. The van der Waals surface area contributed by atoms with E-state index in [9.17, 15) is 9.18 Å². The molecule has 0 spiro atoms. The third kappa shape index (κ3) is 3.95. The highest BCUT2D eigenvalue weighted by Gasteiger charge is 2.20. The van der Waals surface area contributed by atoms with Gasteiger partial charge in [-0.15, -0.1) is 5.10 Å². The van der Waals surface area contributed by atoms with Crippen LogP contribution >= 0.6 is 11.6 Å². The van der Waals surface area contributed by atoms with Crippen molar-refractivity contribution in [2.24, 2.45) is 0 Å². The van der Waals surface area contributed by atoms with Crippen LogP contribution in [0.15, 0.2) is 66.7 Å². The van der Waals surface area contributed by atoms with E-state index in [1.54, 1.807) is 30.3 Å². The minimum absolute atomic E-state index is 0.00444. The minimum atomic E-state index is -0.437. The first-order valence-corrected chi connectivity index (χ1v) is 9.66. The Labute approximate surface area is 178 Å². The Morgan fingerprint density at radius 3 is 2.50 bits per heavy atom. The number of hydrogen-bond donors (Lipinski definition) is 1. The van der Waals surface area contributed by atoms with Crippen molar-refractivity contribution in [2.75, 3.05) is 5.32 Å². The first kappa shape index (κ1) is 19.8. The maximum atomic E-state index is 13.4. The zero-order valence-corrected chi connectivity index (χ0v) is 17.1. The quantitative estimate of drug-likeness (QED) is 0.467. The van der Waals surface area contributed by atoms with Crippen LogP contribution in [0.25, 0.3) is 17.1 Å². The van der Waals surface area contributed by atoms with Crippen molar-refractivity contribution < 1.29 is 9.18 Å². The summed E-state index contributed by atoms with van der Waals surface area (Å²) in [5.74, 6) is -0.380. The lowest BCUT2D eigenvalue weighted by molar-refractivity contribution is 0.101. The van der Waals surface area contributed by atoms with E-state index in [0.29, 0.717) is 27.8 Å². The number of aromatic nitrogens is 3. The summed E-state index contributed by atoms with van der Waals surface area (Å²) in [4.78, 5) is 17.3. The van der Waals surface area contributed by atoms with Gasteiger partial charge in [0, 0.05) is 16.3 Å². The molecule has 3 aromatic carbocycles. The zero-order valence-electron chi connectivity index (χ0n) is 16.4. The number of nitrogens with one attached hydrogen (secondary N) is 1. The van der Waals surface area contributed by atoms with E-state index in [2.05, 4.69) is 15.4 Å². The lowest BCUT2D eigenvalue weighted by Gasteiger charge is -2.08. The first-order valence-electron chi connectivity index (χ1n) is 9.29. The number of rotatable bonds is 4. The summed E-state index contributed by atoms with van der Waals surface area (Å²) in [6, 6.07) is 18.6. The van der Waals surface area contributed by atoms with Gasteiger partial charge in [0.25, 0.3) is 5.91 Å². The molecule has 1 aromatic heterocycles. The molecule has 4 rings (SSSR count). The van der Waals surface area contributed by atoms with Crippen LogP contribution in [0.4, 0.5) is 10.1 Å². The number of carbonyl (C=O) groups is 1. The number of halogens is 2. The van der Waals surface area contributed by atoms with Gasteiger partial charge >= 0.3 is 0 Å². The van der Waals surface area contributed by atoms with E-state index in [0.717, 1.165) is 11.1 Å². The topological polar surface area (TPSA) is 59.8 Å². The lowest BCUT2D eigenvalue weighted by Crippen LogP contribution is -2.15. The molecule has 0 bridgehead atoms. The molecule has 0 saturated heterocycles. The first-order chi connectivity index (χ1) is 14.4. The Balaban J connectivity index is 1.77. The van der Waals surface area contributed by atoms with Crippen LogP contribution < -0.4 is 5.32 Å². The summed E-state index contributed by atoms with van der Waals surface area (Å²) < 4.78 is 14.9. The van der Waals surface area contributed by atoms with E-state index in [4.69, 9.17) is 11.6 Å². The van der Waals surface area contributed by atoms with Crippen molar-refractivity contribution >= 4 is 23.2 Å². The second-order valence-electron chi connectivity index (χ2n) is 6.86. The van der Waals surface area contributed by atoms with Crippen LogP contribution in [0, 0.1) is 19.7 Å². The van der Waals surface area contributed by atoms with E-state index in [-0.39, 0.29) is 11.6 Å². The van der Waals surface area contributed by atoms with Crippen molar-refractivity contribution in [2.45, 2.75) is 13.8 Å². The molecule has 0 saturated carbocycles. The predicted molar refractivity (Wildman–Crippen MR) is 116 cm³/mol. The van der Waals surface area contributed by atoms with Crippen LogP contribution in [0.1, 0.15) is 21.7 Å². The summed E-state index contributed by atoms with van der Waals surface area (Å²) in [6.45, 7) is 3.91. The monoisotopic (exact) mass is 420 g/mol. The number of amides is 1. The van der Waals surface area contributed by atoms with Crippen molar-refractivity contribution in [3.05, 3.63) is 94.5 Å². The number of hydrogen-bond acceptors (Lipinski definition) is 3. The molecule has 0 aliphatic rings. The van der Waals surface area contributed by atoms with Gasteiger partial charge in [-0.05, 0) is 67.4 Å². The highest BCUT2D eigenvalue weighted by molar-refractivity contribution is 6.30. The number of benzene rings is 3. The highest BCUT2D eigenvalue weighted by Crippen LogP contribution is 2.25. The molecule has 7 heteroatoms. The fraction of sp³-hybridized carbons (Fsp3) is 0.0870. The largest absolute Gasteiger partial charge is 0.319 e. The fourth-order valence-corrected chi connectivity index (χ4v) is 3.24. The van der Waals surface area contributed by atoms with E-state index < -0.39 is 5.91 Å². The molecule has 1 amide bonds. The van der Waals surface area contributed by atoms with Crippen molar-refractivity contribution in [1.82, 2.24) is 14.8 Å². The van der Waals surface area contributed by atoms with Gasteiger partial charge in [-0.1, -0.05) is 35.9 Å². The molecule has 0 atom stereocenters. The minimum Gasteiger partial charge on any atom is -0.319 e. The highest BCUT2D eigenvalue weighted by atomic mass is 35.5. The average Bonchev–Trinajstić information content (AvgIpc) is 3.18. The number of aryl methyl sites for hydroxylation is 1. The molecule has 1 heterocycles. The summed E-state index contributed by atoms with van der Waals surface area (Å²) in [5, 5.41) is 7.79. The maximum absolute atomic E-state index is 13.4. The van der Waals surface area contributed by atoms with Gasteiger partial charge in [-0.2, -0.15) is 0 Å². The molecule has 0 unspecified atom stereocenters. The van der Waals surface area contributed by atoms with Crippen LogP contribution in [-0.4, -0.2) is 20.7 Å². The van der Waals surface area contributed by atoms with Gasteiger partial charge in [0.2, 0.25) is 5.82 Å². The van der Waals surface area contributed by atoms with Crippen molar-refractivity contribution in [1.29, 1.82) is 0 Å². The van der Waals surface area contributed by atoms with Gasteiger partial charge in [0.15, 0.2) is 5.82 Å². The fourth-order valence-electron chi connectivity index (χ4n) is 3.05. The molecule has 1 N–H and O–H groups in total. The average molecular weight is 421 g/mol. The summed E-state index contributed by atoms with van der Waals surface area (Å²) >= 11 is 6.14. The zero-order chi connectivity index (χ0) is 21.3. The van der Waals surface area contributed by atoms with Crippen LogP contribution in [0.3, 0.4) is 0 Å². The second kappa shape index (κ2) is 8.08. The molecule has 0 aliphatic heterocycles. The van der Waals surface area contributed by atoms with Gasteiger partial charge < -0.3 is 5.32 Å². The van der Waals surface area contributed by atoms with Gasteiger partial charge in [0.1, 0.15) is 5.82 Å². The van der Waals surface area contributed by atoms with Crippen molar-refractivity contribution in [3.8, 4) is 17.1 Å². The third-order valence-corrected chi connectivity index (χ3v) is 5.05. The standard InChI is InChI=1S/C23H18ClFN4O/c1-14-5-3-8-20(15(14)2)26-23(30)21-27-22(16-6-4-7-17(24)13-16)29(28-21)19-11-9-18(25)10-12-19/h3-13H,1-2H3,(H,26,30). The van der Waals surface area contributed by atoms with Crippen LogP contribution in [-0.2, 0) is 0 Å². The SMILES string of the molecule is Cc1cccc(NC(=O)c2nc(-c3cccc(Cl)c3)n(-c3ccc(F)cc3)n2)c1C. The number of nitrogens with zero attached hydrogens (tertiary/aromatic N) is 3. The summed E-state index contributed by atoms with van der Waals surface area (Å²) in [7, 11) is 0. The normalized spacial score (nSPS) is 10.8. The Bertz CT molecular complexity index is 1230.